The SMILES string of the molecule is CCCC1CCN(CC(Cl)C(=O)O)C1. The first-order valence-electron chi connectivity index (χ1n) is 5.22. The number of carboxylic acid groups (broad SMARTS) is 1. The minimum atomic E-state index is -0.911. The van der Waals surface area contributed by atoms with Gasteiger partial charge in [0, 0.05) is 13.1 Å². The molecule has 1 heterocycles. The molecule has 0 aromatic rings. The topological polar surface area (TPSA) is 40.5 Å². The summed E-state index contributed by atoms with van der Waals surface area (Å²) in [7, 11) is 0. The van der Waals surface area contributed by atoms with Gasteiger partial charge in [-0.15, -0.1) is 11.6 Å². The van der Waals surface area contributed by atoms with Crippen molar-refractivity contribution in [3.63, 3.8) is 0 Å². The summed E-state index contributed by atoms with van der Waals surface area (Å²) < 4.78 is 0. The summed E-state index contributed by atoms with van der Waals surface area (Å²) in [4.78, 5) is 12.7. The third kappa shape index (κ3) is 3.46. The van der Waals surface area contributed by atoms with Gasteiger partial charge in [0.15, 0.2) is 0 Å². The lowest BCUT2D eigenvalue weighted by molar-refractivity contribution is -0.136. The van der Waals surface area contributed by atoms with Crippen molar-refractivity contribution in [2.75, 3.05) is 19.6 Å². The van der Waals surface area contributed by atoms with Crippen molar-refractivity contribution in [1.29, 1.82) is 0 Å². The van der Waals surface area contributed by atoms with Crippen LogP contribution in [-0.4, -0.2) is 41.0 Å². The molecule has 82 valence electrons. The first-order valence-corrected chi connectivity index (χ1v) is 5.66. The molecule has 0 amide bonds. The molecule has 0 spiro atoms. The maximum absolute atomic E-state index is 10.5. The van der Waals surface area contributed by atoms with Crippen molar-refractivity contribution in [3.05, 3.63) is 0 Å². The van der Waals surface area contributed by atoms with Gasteiger partial charge < -0.3 is 10.0 Å². The number of likely N-dealkylation sites (tertiary alicyclic amines) is 1. The van der Waals surface area contributed by atoms with Crippen LogP contribution in [0.5, 0.6) is 0 Å². The van der Waals surface area contributed by atoms with Crippen LogP contribution in [0, 0.1) is 5.92 Å². The Morgan fingerprint density at radius 3 is 3.00 bits per heavy atom. The van der Waals surface area contributed by atoms with Gasteiger partial charge in [0.2, 0.25) is 0 Å². The van der Waals surface area contributed by atoms with E-state index in [0.29, 0.717) is 6.54 Å². The first kappa shape index (κ1) is 11.8. The van der Waals surface area contributed by atoms with E-state index < -0.39 is 11.3 Å². The minimum absolute atomic E-state index is 0.483. The maximum atomic E-state index is 10.5. The van der Waals surface area contributed by atoms with Crippen LogP contribution in [0.3, 0.4) is 0 Å². The maximum Gasteiger partial charge on any atom is 0.322 e. The van der Waals surface area contributed by atoms with E-state index in [4.69, 9.17) is 16.7 Å². The molecule has 2 atom stereocenters. The van der Waals surface area contributed by atoms with Gasteiger partial charge >= 0.3 is 5.97 Å². The monoisotopic (exact) mass is 219 g/mol. The predicted molar refractivity (Wildman–Crippen MR) is 56.7 cm³/mol. The van der Waals surface area contributed by atoms with E-state index in [-0.39, 0.29) is 0 Å². The van der Waals surface area contributed by atoms with Crippen molar-refractivity contribution in [1.82, 2.24) is 4.90 Å². The average Bonchev–Trinajstić information content (AvgIpc) is 2.53. The summed E-state index contributed by atoms with van der Waals surface area (Å²) >= 11 is 5.68. The second kappa shape index (κ2) is 5.56. The van der Waals surface area contributed by atoms with Crippen LogP contribution >= 0.6 is 11.6 Å². The van der Waals surface area contributed by atoms with E-state index in [1.165, 1.54) is 19.3 Å². The molecule has 1 saturated heterocycles. The quantitative estimate of drug-likeness (QED) is 0.717. The van der Waals surface area contributed by atoms with Crippen LogP contribution in [0.1, 0.15) is 26.2 Å². The van der Waals surface area contributed by atoms with Crippen LogP contribution in [-0.2, 0) is 4.79 Å². The second-order valence-corrected chi connectivity index (χ2v) is 4.54. The molecule has 3 nitrogen and oxygen atoms in total. The molecular weight excluding hydrogens is 202 g/mol. The standard InChI is InChI=1S/C10H18ClNO2/c1-2-3-8-4-5-12(6-8)7-9(11)10(13)14/h8-9H,2-7H2,1H3,(H,13,14). The lowest BCUT2D eigenvalue weighted by Gasteiger charge is -2.17. The van der Waals surface area contributed by atoms with Gasteiger partial charge in [-0.05, 0) is 25.3 Å². The first-order chi connectivity index (χ1) is 6.63. The predicted octanol–water partition coefficient (Wildman–Crippen LogP) is 1.80. The number of nitrogens with zero attached hydrogens (tertiary/aromatic N) is 1. The zero-order valence-corrected chi connectivity index (χ0v) is 9.33. The summed E-state index contributed by atoms with van der Waals surface area (Å²) in [5.74, 6) is -0.164. The Labute approximate surface area is 90.0 Å². The van der Waals surface area contributed by atoms with Crippen LogP contribution in [0.2, 0.25) is 0 Å². The molecule has 4 heteroatoms. The number of carbonyl (C=O) groups is 1. The number of rotatable bonds is 5. The molecule has 0 aromatic carbocycles. The Balaban J connectivity index is 2.25. The summed E-state index contributed by atoms with van der Waals surface area (Å²) in [6.07, 6.45) is 3.65. The Morgan fingerprint density at radius 1 is 1.71 bits per heavy atom. The lowest BCUT2D eigenvalue weighted by Crippen LogP contribution is -2.32. The normalized spacial score (nSPS) is 25.1. The molecule has 1 aliphatic heterocycles. The highest BCUT2D eigenvalue weighted by Gasteiger charge is 2.25. The van der Waals surface area contributed by atoms with E-state index in [0.717, 1.165) is 19.0 Å². The van der Waals surface area contributed by atoms with Gasteiger partial charge in [0.1, 0.15) is 5.38 Å². The van der Waals surface area contributed by atoms with E-state index >= 15 is 0 Å². The van der Waals surface area contributed by atoms with E-state index in [1.54, 1.807) is 0 Å². The number of halogens is 1. The van der Waals surface area contributed by atoms with Crippen LogP contribution < -0.4 is 0 Å². The van der Waals surface area contributed by atoms with Crippen molar-refractivity contribution >= 4 is 17.6 Å². The van der Waals surface area contributed by atoms with Crippen molar-refractivity contribution < 1.29 is 9.90 Å². The fourth-order valence-electron chi connectivity index (χ4n) is 2.03. The molecule has 1 aliphatic rings. The van der Waals surface area contributed by atoms with Gasteiger partial charge in [0.25, 0.3) is 0 Å². The summed E-state index contributed by atoms with van der Waals surface area (Å²) in [6.45, 7) is 4.69. The van der Waals surface area contributed by atoms with E-state index in [2.05, 4.69) is 11.8 Å². The van der Waals surface area contributed by atoms with E-state index in [1.807, 2.05) is 0 Å². The molecule has 1 fully saturated rings. The zero-order chi connectivity index (χ0) is 10.6. The fraction of sp³-hybridized carbons (Fsp3) is 0.900. The fourth-order valence-corrected chi connectivity index (χ4v) is 2.22. The summed E-state index contributed by atoms with van der Waals surface area (Å²) in [6, 6.07) is 0. The highest BCUT2D eigenvalue weighted by molar-refractivity contribution is 6.29. The Bertz CT molecular complexity index is 199. The Kier molecular flexibility index (Phi) is 4.69. The summed E-state index contributed by atoms with van der Waals surface area (Å²) in [5, 5.41) is 7.90. The molecule has 2 unspecified atom stereocenters. The van der Waals surface area contributed by atoms with Gasteiger partial charge in [-0.2, -0.15) is 0 Å². The second-order valence-electron chi connectivity index (χ2n) is 4.01. The minimum Gasteiger partial charge on any atom is -0.480 e. The van der Waals surface area contributed by atoms with Gasteiger partial charge in [0.05, 0.1) is 0 Å². The molecule has 0 aliphatic carbocycles. The number of hydrogen-bond acceptors (Lipinski definition) is 2. The molecule has 0 radical (unpaired) electrons. The van der Waals surface area contributed by atoms with Gasteiger partial charge in [-0.1, -0.05) is 13.3 Å². The van der Waals surface area contributed by atoms with Crippen molar-refractivity contribution in [2.45, 2.75) is 31.6 Å². The third-order valence-corrected chi connectivity index (χ3v) is 3.08. The number of alkyl halides is 1. The highest BCUT2D eigenvalue weighted by atomic mass is 35.5. The molecule has 1 rings (SSSR count). The summed E-state index contributed by atoms with van der Waals surface area (Å²) in [5.41, 5.74) is 0. The Hall–Kier alpha value is -0.280. The van der Waals surface area contributed by atoms with Crippen molar-refractivity contribution in [3.8, 4) is 0 Å². The zero-order valence-electron chi connectivity index (χ0n) is 8.58. The molecule has 0 aromatic heterocycles. The van der Waals surface area contributed by atoms with Crippen LogP contribution in [0.25, 0.3) is 0 Å². The number of aliphatic carboxylic acids is 1. The largest absolute Gasteiger partial charge is 0.480 e. The highest BCUT2D eigenvalue weighted by Crippen LogP contribution is 2.21. The van der Waals surface area contributed by atoms with Gasteiger partial charge in [-0.25, -0.2) is 0 Å². The molecule has 14 heavy (non-hydrogen) atoms. The molecular formula is C10H18ClNO2. The third-order valence-electron chi connectivity index (χ3n) is 2.75. The average molecular weight is 220 g/mol. The molecule has 1 N–H and O–H groups in total. The smallest absolute Gasteiger partial charge is 0.322 e. The van der Waals surface area contributed by atoms with Crippen molar-refractivity contribution in [2.24, 2.45) is 5.92 Å². The molecule has 0 saturated carbocycles. The lowest BCUT2D eigenvalue weighted by atomic mass is 10.0. The molecule has 0 bridgehead atoms. The Morgan fingerprint density at radius 2 is 2.43 bits per heavy atom. The van der Waals surface area contributed by atoms with E-state index in [9.17, 15) is 4.79 Å². The van der Waals surface area contributed by atoms with Crippen LogP contribution in [0.4, 0.5) is 0 Å². The van der Waals surface area contributed by atoms with Gasteiger partial charge in [-0.3, -0.25) is 4.79 Å². The number of hydrogen-bond donors (Lipinski definition) is 1. The van der Waals surface area contributed by atoms with Crippen LogP contribution in [0.15, 0.2) is 0 Å². The number of carboxylic acids is 1.